The third-order valence-corrected chi connectivity index (χ3v) is 8.71. The molecule has 184 valence electrons. The van der Waals surface area contributed by atoms with Gasteiger partial charge in [0.2, 0.25) is 10.0 Å². The van der Waals surface area contributed by atoms with Crippen molar-refractivity contribution in [3.05, 3.63) is 65.0 Å². The van der Waals surface area contributed by atoms with Crippen molar-refractivity contribution in [1.82, 2.24) is 9.03 Å². The summed E-state index contributed by atoms with van der Waals surface area (Å²) in [7, 11) is -1.30. The monoisotopic (exact) mass is 506 g/mol. The normalized spacial score (nSPS) is 15.4. The van der Waals surface area contributed by atoms with Crippen molar-refractivity contribution in [3.63, 3.8) is 0 Å². The van der Waals surface area contributed by atoms with Crippen LogP contribution in [0.15, 0.2) is 36.4 Å². The lowest BCUT2D eigenvalue weighted by molar-refractivity contribution is 0.392. The first kappa shape index (κ1) is 27.5. The summed E-state index contributed by atoms with van der Waals surface area (Å²) in [4.78, 5) is 0. The number of sulfonamides is 1. The third-order valence-electron chi connectivity index (χ3n) is 4.94. The molecule has 0 fully saturated rings. The van der Waals surface area contributed by atoms with Gasteiger partial charge in [-0.25, -0.2) is 25.9 Å². The van der Waals surface area contributed by atoms with E-state index >= 15 is 0 Å². The fourth-order valence-electron chi connectivity index (χ4n) is 3.14. The van der Waals surface area contributed by atoms with Crippen molar-refractivity contribution in [2.24, 2.45) is 0 Å². The molecule has 33 heavy (non-hydrogen) atoms. The smallest absolute Gasteiger partial charge is 0.216 e. The van der Waals surface area contributed by atoms with Gasteiger partial charge in [0.25, 0.3) is 0 Å². The lowest BCUT2D eigenvalue weighted by atomic mass is 9.94. The molecule has 0 radical (unpaired) electrons. The molecule has 0 amide bonds. The highest BCUT2D eigenvalue weighted by atomic mass is 32.2. The number of benzene rings is 2. The van der Waals surface area contributed by atoms with E-state index in [1.807, 2.05) is 0 Å². The van der Waals surface area contributed by atoms with Crippen LogP contribution in [-0.4, -0.2) is 41.9 Å². The van der Waals surface area contributed by atoms with E-state index < -0.39 is 60.4 Å². The van der Waals surface area contributed by atoms with Crippen LogP contribution in [0.1, 0.15) is 38.8 Å². The van der Waals surface area contributed by atoms with Crippen LogP contribution in [0, 0.1) is 17.5 Å². The molecular weight excluding hydrogens is 477 g/mol. The van der Waals surface area contributed by atoms with Crippen molar-refractivity contribution in [2.45, 2.75) is 44.5 Å². The summed E-state index contributed by atoms with van der Waals surface area (Å²) in [5, 5.41) is 0. The maximum atomic E-state index is 14.7. The molecule has 2 atom stereocenters. The number of halogens is 3. The standard InChI is InChI=1S/C22H29F3N2O4S2/c1-21(2,3)32(28)26-22(4,20-18(24)11-16(23)12-19(20)25)14-33(29,30)27(5)13-15-7-9-17(31-6)10-8-15/h7-12,26H,13-14H2,1-6H3/t22-,32-/m0/s1. The van der Waals surface area contributed by atoms with Gasteiger partial charge in [0.05, 0.1) is 12.9 Å². The van der Waals surface area contributed by atoms with Crippen LogP contribution in [0.25, 0.3) is 0 Å². The number of hydrogen-bond donors (Lipinski definition) is 1. The lowest BCUT2D eigenvalue weighted by Crippen LogP contribution is -2.55. The molecule has 0 unspecified atom stereocenters. The number of methoxy groups -OCH3 is 1. The van der Waals surface area contributed by atoms with Gasteiger partial charge in [0, 0.05) is 42.7 Å². The van der Waals surface area contributed by atoms with Gasteiger partial charge in [-0.05, 0) is 45.4 Å². The predicted molar refractivity (Wildman–Crippen MR) is 123 cm³/mol. The van der Waals surface area contributed by atoms with Crippen LogP contribution < -0.4 is 9.46 Å². The first-order chi connectivity index (χ1) is 15.1. The molecule has 0 aliphatic heterocycles. The second kappa shape index (κ2) is 10.2. The summed E-state index contributed by atoms with van der Waals surface area (Å²) in [6.45, 7) is 6.09. The second-order valence-corrected chi connectivity index (χ2v) is 13.0. The molecule has 0 spiro atoms. The number of hydrogen-bond acceptors (Lipinski definition) is 5. The molecule has 0 aliphatic carbocycles. The molecule has 0 saturated carbocycles. The van der Waals surface area contributed by atoms with Gasteiger partial charge in [0.15, 0.2) is 0 Å². The van der Waals surface area contributed by atoms with Gasteiger partial charge in [-0.3, -0.25) is 0 Å². The molecule has 2 rings (SSSR count). The predicted octanol–water partition coefficient (Wildman–Crippen LogP) is 3.84. The van der Waals surface area contributed by atoms with Crippen molar-refractivity contribution in [2.75, 3.05) is 19.9 Å². The Labute approximate surface area is 196 Å². The number of nitrogens with one attached hydrogen (secondary N) is 1. The number of rotatable bonds is 9. The molecule has 0 bridgehead atoms. The second-order valence-electron chi connectivity index (χ2n) is 8.92. The molecule has 0 aliphatic rings. The minimum absolute atomic E-state index is 0.0147. The molecular formula is C22H29F3N2O4S2. The van der Waals surface area contributed by atoms with Crippen LogP contribution in [0.4, 0.5) is 13.2 Å². The highest BCUT2D eigenvalue weighted by molar-refractivity contribution is 7.91. The van der Waals surface area contributed by atoms with Gasteiger partial charge in [-0.15, -0.1) is 4.72 Å². The quantitative estimate of drug-likeness (QED) is 0.523. The first-order valence-electron chi connectivity index (χ1n) is 10.0. The van der Waals surface area contributed by atoms with Crippen LogP contribution in [0.2, 0.25) is 0 Å². The fraction of sp³-hybridized carbons (Fsp3) is 0.455. The number of nitrogens with zero attached hydrogens (tertiary/aromatic N) is 1. The molecule has 11 heteroatoms. The summed E-state index contributed by atoms with van der Waals surface area (Å²) in [6, 6.07) is 7.67. The Kier molecular flexibility index (Phi) is 8.51. The summed E-state index contributed by atoms with van der Waals surface area (Å²) < 4.78 is 90.0. The number of ether oxygens (including phenoxy) is 1. The van der Waals surface area contributed by atoms with Crippen molar-refractivity contribution >= 4 is 21.4 Å². The van der Waals surface area contributed by atoms with Gasteiger partial charge in [0.1, 0.15) is 33.5 Å². The van der Waals surface area contributed by atoms with Crippen LogP contribution in [0.5, 0.6) is 5.75 Å². The highest BCUT2D eigenvalue weighted by Gasteiger charge is 2.44. The zero-order valence-electron chi connectivity index (χ0n) is 19.4. The van der Waals surface area contributed by atoms with Gasteiger partial charge in [-0.1, -0.05) is 12.1 Å². The van der Waals surface area contributed by atoms with E-state index in [1.165, 1.54) is 21.1 Å². The van der Waals surface area contributed by atoms with E-state index in [2.05, 4.69) is 4.72 Å². The summed E-state index contributed by atoms with van der Waals surface area (Å²) >= 11 is -1.89. The maximum Gasteiger partial charge on any atom is 0.216 e. The van der Waals surface area contributed by atoms with E-state index in [0.29, 0.717) is 23.4 Å². The summed E-state index contributed by atoms with van der Waals surface area (Å²) in [5.74, 6) is -3.92. The molecule has 1 N–H and O–H groups in total. The minimum Gasteiger partial charge on any atom is -0.598 e. The van der Waals surface area contributed by atoms with Gasteiger partial charge < -0.3 is 9.29 Å². The lowest BCUT2D eigenvalue weighted by Gasteiger charge is -2.36. The Balaban J connectivity index is 2.44. The molecule has 0 aromatic heterocycles. The Bertz CT molecular complexity index is 1050. The molecule has 2 aromatic rings. The average Bonchev–Trinajstić information content (AvgIpc) is 2.66. The molecule has 2 aromatic carbocycles. The van der Waals surface area contributed by atoms with E-state index in [4.69, 9.17) is 4.74 Å². The minimum atomic E-state index is -4.14. The van der Waals surface area contributed by atoms with E-state index in [1.54, 1.807) is 45.0 Å². The SMILES string of the molecule is COc1ccc(CN(C)S(=O)(=O)C[C@](C)(N[S@@+]([O-])C(C)(C)C)c2c(F)cc(F)cc2F)cc1. The fourth-order valence-corrected chi connectivity index (χ4v) is 5.63. The third kappa shape index (κ3) is 6.86. The van der Waals surface area contributed by atoms with Crippen LogP contribution in [0.3, 0.4) is 0 Å². The van der Waals surface area contributed by atoms with E-state index in [0.717, 1.165) is 4.31 Å². The van der Waals surface area contributed by atoms with E-state index in [-0.39, 0.29) is 6.54 Å². The summed E-state index contributed by atoms with van der Waals surface area (Å²) in [6.07, 6.45) is 0. The van der Waals surface area contributed by atoms with E-state index in [9.17, 15) is 26.1 Å². The van der Waals surface area contributed by atoms with Crippen molar-refractivity contribution < 1.29 is 30.9 Å². The Morgan fingerprint density at radius 2 is 1.58 bits per heavy atom. The van der Waals surface area contributed by atoms with Crippen molar-refractivity contribution in [3.8, 4) is 5.75 Å². The first-order valence-corrected chi connectivity index (χ1v) is 12.8. The van der Waals surface area contributed by atoms with Crippen molar-refractivity contribution in [1.29, 1.82) is 0 Å². The topological polar surface area (TPSA) is 81.7 Å². The van der Waals surface area contributed by atoms with Crippen LogP contribution in [-0.2, 0) is 33.5 Å². The Morgan fingerprint density at radius 3 is 2.03 bits per heavy atom. The van der Waals surface area contributed by atoms with Gasteiger partial charge in [-0.2, -0.15) is 0 Å². The summed E-state index contributed by atoms with van der Waals surface area (Å²) in [5.41, 5.74) is -2.01. The molecule has 0 saturated heterocycles. The van der Waals surface area contributed by atoms with Gasteiger partial charge >= 0.3 is 0 Å². The molecule has 6 nitrogen and oxygen atoms in total. The maximum absolute atomic E-state index is 14.7. The Morgan fingerprint density at radius 1 is 1.06 bits per heavy atom. The molecule has 0 heterocycles. The average molecular weight is 507 g/mol. The zero-order valence-corrected chi connectivity index (χ0v) is 21.0. The Hall–Kier alpha value is -1.79. The van der Waals surface area contributed by atoms with Crippen LogP contribution >= 0.6 is 0 Å². The highest BCUT2D eigenvalue weighted by Crippen LogP contribution is 2.32. The zero-order chi connectivity index (χ0) is 25.2. The largest absolute Gasteiger partial charge is 0.598 e.